The van der Waals surface area contributed by atoms with Gasteiger partial charge in [-0.25, -0.2) is 0 Å². The summed E-state index contributed by atoms with van der Waals surface area (Å²) in [4.78, 5) is 0. The molecule has 1 aromatic carbocycles. The van der Waals surface area contributed by atoms with Crippen molar-refractivity contribution in [2.75, 3.05) is 12.8 Å². The molecule has 0 aliphatic rings. The molecule has 0 spiro atoms. The smallest absolute Gasteiger partial charge is 0.149 e. The maximum Gasteiger partial charge on any atom is 0.149 e. The minimum absolute atomic E-state index is 0.695. The van der Waals surface area contributed by atoms with Crippen molar-refractivity contribution >= 4 is 27.4 Å². The molecule has 0 aliphatic carbocycles. The molecule has 62 valence electrons. The molecule has 0 saturated heterocycles. The van der Waals surface area contributed by atoms with Gasteiger partial charge in [0.15, 0.2) is 0 Å². The van der Waals surface area contributed by atoms with Gasteiger partial charge in [0, 0.05) is 0 Å². The molecule has 0 bridgehead atoms. The van der Waals surface area contributed by atoms with Crippen LogP contribution in [0.15, 0.2) is 12.1 Å². The molecule has 1 aromatic heterocycles. The largest absolute Gasteiger partial charge is 0.494 e. The van der Waals surface area contributed by atoms with Gasteiger partial charge in [-0.3, -0.25) is 0 Å². The number of anilines is 1. The van der Waals surface area contributed by atoms with Crippen LogP contribution < -0.4 is 10.5 Å². The second-order valence-electron chi connectivity index (χ2n) is 2.31. The molecule has 2 rings (SSSR count). The topological polar surface area (TPSA) is 61.0 Å². The van der Waals surface area contributed by atoms with Crippen molar-refractivity contribution in [1.29, 1.82) is 0 Å². The van der Waals surface area contributed by atoms with Gasteiger partial charge < -0.3 is 10.5 Å². The zero-order valence-corrected chi connectivity index (χ0v) is 7.26. The summed E-state index contributed by atoms with van der Waals surface area (Å²) in [5, 5.41) is 3.91. The van der Waals surface area contributed by atoms with E-state index in [1.165, 1.54) is 11.5 Å². The van der Waals surface area contributed by atoms with Crippen LogP contribution >= 0.6 is 11.5 Å². The van der Waals surface area contributed by atoms with E-state index in [-0.39, 0.29) is 0 Å². The molecule has 0 saturated carbocycles. The molecular weight excluding hydrogens is 174 g/mol. The van der Waals surface area contributed by atoms with Crippen LogP contribution in [-0.2, 0) is 0 Å². The number of hydrogen-bond donors (Lipinski definition) is 1. The Balaban J connectivity index is 2.82. The number of benzene rings is 1. The fourth-order valence-corrected chi connectivity index (χ4v) is 1.63. The molecule has 0 unspecified atom stereocenters. The lowest BCUT2D eigenvalue weighted by atomic mass is 10.3. The predicted octanol–water partition coefficient (Wildman–Crippen LogP) is 1.28. The number of fused-ring (bicyclic) bond motifs is 1. The van der Waals surface area contributed by atoms with E-state index in [4.69, 9.17) is 10.5 Å². The highest BCUT2D eigenvalue weighted by Gasteiger charge is 2.07. The zero-order valence-electron chi connectivity index (χ0n) is 6.44. The number of nitrogens with zero attached hydrogens (tertiary/aromatic N) is 2. The van der Waals surface area contributed by atoms with E-state index in [0.717, 1.165) is 10.2 Å². The average Bonchev–Trinajstić information content (AvgIpc) is 2.54. The number of rotatable bonds is 1. The summed E-state index contributed by atoms with van der Waals surface area (Å²) in [6, 6.07) is 3.58. The first-order valence-electron chi connectivity index (χ1n) is 3.37. The van der Waals surface area contributed by atoms with Crippen molar-refractivity contribution in [3.63, 3.8) is 0 Å². The second kappa shape index (κ2) is 2.60. The summed E-state index contributed by atoms with van der Waals surface area (Å²) >= 11 is 1.28. The molecule has 2 N–H and O–H groups in total. The molecule has 0 fully saturated rings. The number of nitrogens with two attached hydrogens (primary N) is 1. The molecule has 0 amide bonds. The Morgan fingerprint density at radius 1 is 1.50 bits per heavy atom. The summed E-state index contributed by atoms with van der Waals surface area (Å²) < 4.78 is 9.78. The highest BCUT2D eigenvalue weighted by molar-refractivity contribution is 7.13. The predicted molar refractivity (Wildman–Crippen MR) is 48.4 cm³/mol. The Labute approximate surface area is 73.1 Å². The van der Waals surface area contributed by atoms with E-state index in [1.54, 1.807) is 19.2 Å². The monoisotopic (exact) mass is 181 g/mol. The lowest BCUT2D eigenvalue weighted by Crippen LogP contribution is -1.88. The number of hydrogen-bond acceptors (Lipinski definition) is 5. The van der Waals surface area contributed by atoms with Crippen LogP contribution in [0.4, 0.5) is 5.69 Å². The van der Waals surface area contributed by atoms with E-state index >= 15 is 0 Å². The van der Waals surface area contributed by atoms with Crippen molar-refractivity contribution < 1.29 is 4.74 Å². The van der Waals surface area contributed by atoms with Crippen LogP contribution in [0.2, 0.25) is 0 Å². The Morgan fingerprint density at radius 2 is 2.33 bits per heavy atom. The van der Waals surface area contributed by atoms with Gasteiger partial charge in [0.05, 0.1) is 12.8 Å². The third kappa shape index (κ3) is 0.902. The highest BCUT2D eigenvalue weighted by atomic mass is 32.1. The fourth-order valence-electron chi connectivity index (χ4n) is 1.03. The number of aromatic nitrogens is 2. The van der Waals surface area contributed by atoms with Crippen LogP contribution in [0, 0.1) is 0 Å². The maximum absolute atomic E-state index is 5.70. The molecule has 5 heteroatoms. The van der Waals surface area contributed by atoms with Gasteiger partial charge in [-0.1, -0.05) is 4.49 Å². The molecule has 0 aliphatic heterocycles. The summed E-state index contributed by atoms with van der Waals surface area (Å²) in [5.41, 5.74) is 7.13. The van der Waals surface area contributed by atoms with E-state index in [1.807, 2.05) is 0 Å². The molecule has 0 radical (unpaired) electrons. The summed E-state index contributed by atoms with van der Waals surface area (Å²) in [6.45, 7) is 0. The van der Waals surface area contributed by atoms with E-state index < -0.39 is 0 Å². The maximum atomic E-state index is 5.70. The molecule has 2 aromatic rings. The van der Waals surface area contributed by atoms with Gasteiger partial charge in [-0.15, -0.1) is 5.10 Å². The third-order valence-electron chi connectivity index (χ3n) is 1.62. The zero-order chi connectivity index (χ0) is 8.55. The van der Waals surface area contributed by atoms with Crippen LogP contribution in [0.1, 0.15) is 0 Å². The third-order valence-corrected chi connectivity index (χ3v) is 2.39. The summed E-state index contributed by atoms with van der Waals surface area (Å²) in [6.07, 6.45) is 0. The van der Waals surface area contributed by atoms with E-state index in [0.29, 0.717) is 11.4 Å². The van der Waals surface area contributed by atoms with Crippen LogP contribution in [0.5, 0.6) is 5.75 Å². The Morgan fingerprint density at radius 3 is 3.08 bits per heavy atom. The molecule has 4 nitrogen and oxygen atoms in total. The van der Waals surface area contributed by atoms with Crippen molar-refractivity contribution in [2.24, 2.45) is 0 Å². The lowest BCUT2D eigenvalue weighted by molar-refractivity contribution is 0.419. The normalized spacial score (nSPS) is 10.4. The highest BCUT2D eigenvalue weighted by Crippen LogP contribution is 2.30. The fraction of sp³-hybridized carbons (Fsp3) is 0.143. The molecular formula is C7H7N3OS. The molecule has 0 atom stereocenters. The SMILES string of the molecule is COc1ccc(N)c2snnc12. The number of nitrogen functional groups attached to an aromatic ring is 1. The van der Waals surface area contributed by atoms with Gasteiger partial charge >= 0.3 is 0 Å². The van der Waals surface area contributed by atoms with E-state index in [9.17, 15) is 0 Å². The van der Waals surface area contributed by atoms with E-state index in [2.05, 4.69) is 9.59 Å². The lowest BCUT2D eigenvalue weighted by Gasteiger charge is -1.99. The van der Waals surface area contributed by atoms with Crippen LogP contribution in [-0.4, -0.2) is 16.7 Å². The quantitative estimate of drug-likeness (QED) is 0.673. The van der Waals surface area contributed by atoms with Gasteiger partial charge in [0.2, 0.25) is 0 Å². The average molecular weight is 181 g/mol. The molecule has 1 heterocycles. The van der Waals surface area contributed by atoms with Gasteiger partial charge in [0.1, 0.15) is 16.0 Å². The Bertz CT molecular complexity index is 412. The van der Waals surface area contributed by atoms with Gasteiger partial charge in [-0.05, 0) is 23.7 Å². The summed E-state index contributed by atoms with van der Waals surface area (Å²) in [5.74, 6) is 0.716. The van der Waals surface area contributed by atoms with Gasteiger partial charge in [-0.2, -0.15) is 0 Å². The minimum atomic E-state index is 0.695. The van der Waals surface area contributed by atoms with Crippen LogP contribution in [0.3, 0.4) is 0 Å². The molecule has 12 heavy (non-hydrogen) atoms. The number of ether oxygens (including phenoxy) is 1. The first-order chi connectivity index (χ1) is 5.83. The first kappa shape index (κ1) is 7.30. The Kier molecular flexibility index (Phi) is 1.58. The van der Waals surface area contributed by atoms with Gasteiger partial charge in [0.25, 0.3) is 0 Å². The van der Waals surface area contributed by atoms with Crippen molar-refractivity contribution in [3.8, 4) is 5.75 Å². The summed E-state index contributed by atoms with van der Waals surface area (Å²) in [7, 11) is 1.60. The van der Waals surface area contributed by atoms with Crippen molar-refractivity contribution in [1.82, 2.24) is 9.59 Å². The van der Waals surface area contributed by atoms with Crippen LogP contribution in [0.25, 0.3) is 10.2 Å². The second-order valence-corrected chi connectivity index (χ2v) is 3.06. The minimum Gasteiger partial charge on any atom is -0.494 e. The van der Waals surface area contributed by atoms with Crippen molar-refractivity contribution in [3.05, 3.63) is 12.1 Å². The standard InChI is InChI=1S/C7H7N3OS/c1-11-5-3-2-4(8)7-6(5)9-10-12-7/h2-3H,8H2,1H3. The van der Waals surface area contributed by atoms with Crippen molar-refractivity contribution in [2.45, 2.75) is 0 Å². The first-order valence-corrected chi connectivity index (χ1v) is 4.15. The number of methoxy groups -OCH3 is 1. The Hall–Kier alpha value is -1.36.